The SMILES string of the molecule is CC(C)(C)c1ccc(C(=O)C2(CN)CCCCCC2)cc1. The average molecular weight is 287 g/mol. The first-order valence-corrected chi connectivity index (χ1v) is 8.24. The van der Waals surface area contributed by atoms with Gasteiger partial charge in [0.25, 0.3) is 0 Å². The van der Waals surface area contributed by atoms with Crippen molar-refractivity contribution in [3.8, 4) is 0 Å². The number of ketones is 1. The highest BCUT2D eigenvalue weighted by molar-refractivity contribution is 6.00. The Kier molecular flexibility index (Phi) is 4.88. The zero-order valence-corrected chi connectivity index (χ0v) is 13.7. The molecule has 1 aliphatic carbocycles. The Morgan fingerprint density at radius 2 is 1.57 bits per heavy atom. The lowest BCUT2D eigenvalue weighted by molar-refractivity contribution is 0.0774. The molecular formula is C19H29NO. The van der Waals surface area contributed by atoms with Crippen LogP contribution in [0, 0.1) is 5.41 Å². The van der Waals surface area contributed by atoms with Crippen LogP contribution in [0.5, 0.6) is 0 Å². The van der Waals surface area contributed by atoms with Gasteiger partial charge in [-0.2, -0.15) is 0 Å². The summed E-state index contributed by atoms with van der Waals surface area (Å²) in [5.74, 6) is 0.257. The maximum atomic E-state index is 13.0. The zero-order chi connectivity index (χ0) is 15.5. The summed E-state index contributed by atoms with van der Waals surface area (Å²) in [5, 5.41) is 0. The van der Waals surface area contributed by atoms with Crippen molar-refractivity contribution in [2.45, 2.75) is 64.7 Å². The molecule has 0 heterocycles. The van der Waals surface area contributed by atoms with Crippen molar-refractivity contribution in [1.29, 1.82) is 0 Å². The first-order valence-electron chi connectivity index (χ1n) is 8.24. The lowest BCUT2D eigenvalue weighted by Crippen LogP contribution is -2.38. The van der Waals surface area contributed by atoms with E-state index in [1.165, 1.54) is 18.4 Å². The van der Waals surface area contributed by atoms with Gasteiger partial charge in [-0.1, -0.05) is 70.7 Å². The van der Waals surface area contributed by atoms with Crippen LogP contribution in [-0.2, 0) is 5.41 Å². The number of hydrogen-bond donors (Lipinski definition) is 1. The third-order valence-electron chi connectivity index (χ3n) is 4.95. The van der Waals surface area contributed by atoms with Crippen molar-refractivity contribution >= 4 is 5.78 Å². The van der Waals surface area contributed by atoms with Crippen LogP contribution in [0.4, 0.5) is 0 Å². The number of Topliss-reactive ketones (excluding diaryl/α,β-unsaturated/α-hetero) is 1. The van der Waals surface area contributed by atoms with Crippen LogP contribution < -0.4 is 5.73 Å². The number of carbonyl (C=O) groups excluding carboxylic acids is 1. The molecule has 0 radical (unpaired) electrons. The molecule has 1 aromatic carbocycles. The monoisotopic (exact) mass is 287 g/mol. The Morgan fingerprint density at radius 3 is 2.00 bits per heavy atom. The van der Waals surface area contributed by atoms with Gasteiger partial charge >= 0.3 is 0 Å². The first kappa shape index (κ1) is 16.2. The van der Waals surface area contributed by atoms with Gasteiger partial charge in [-0.25, -0.2) is 0 Å². The molecule has 0 saturated heterocycles. The van der Waals surface area contributed by atoms with Crippen molar-refractivity contribution in [1.82, 2.24) is 0 Å². The lowest BCUT2D eigenvalue weighted by Gasteiger charge is -2.30. The normalized spacial score (nSPS) is 19.0. The molecule has 1 saturated carbocycles. The summed E-state index contributed by atoms with van der Waals surface area (Å²) in [4.78, 5) is 13.0. The predicted molar refractivity (Wildman–Crippen MR) is 88.7 cm³/mol. The molecule has 2 heteroatoms. The van der Waals surface area contributed by atoms with E-state index in [1.54, 1.807) is 0 Å². The maximum absolute atomic E-state index is 13.0. The maximum Gasteiger partial charge on any atom is 0.170 e. The Morgan fingerprint density at radius 1 is 1.05 bits per heavy atom. The summed E-state index contributed by atoms with van der Waals surface area (Å²) in [6.07, 6.45) is 6.62. The van der Waals surface area contributed by atoms with Crippen LogP contribution in [0.15, 0.2) is 24.3 Å². The van der Waals surface area contributed by atoms with Crippen molar-refractivity contribution in [3.63, 3.8) is 0 Å². The fourth-order valence-electron chi connectivity index (χ4n) is 3.36. The molecule has 116 valence electrons. The molecule has 2 N–H and O–H groups in total. The van der Waals surface area contributed by atoms with Gasteiger partial charge in [0.1, 0.15) is 0 Å². The van der Waals surface area contributed by atoms with E-state index in [9.17, 15) is 4.79 Å². The second-order valence-corrected chi connectivity index (χ2v) is 7.56. The van der Waals surface area contributed by atoms with Crippen molar-refractivity contribution in [3.05, 3.63) is 35.4 Å². The van der Waals surface area contributed by atoms with E-state index >= 15 is 0 Å². The highest BCUT2D eigenvalue weighted by atomic mass is 16.1. The molecule has 0 aliphatic heterocycles. The lowest BCUT2D eigenvalue weighted by atomic mass is 9.74. The van der Waals surface area contributed by atoms with Gasteiger partial charge in [-0.3, -0.25) is 4.79 Å². The average Bonchev–Trinajstić information content (AvgIpc) is 2.72. The highest BCUT2D eigenvalue weighted by Gasteiger charge is 2.37. The molecule has 2 nitrogen and oxygen atoms in total. The van der Waals surface area contributed by atoms with Gasteiger partial charge in [0.2, 0.25) is 0 Å². The number of nitrogens with two attached hydrogens (primary N) is 1. The number of benzene rings is 1. The van der Waals surface area contributed by atoms with Crippen molar-refractivity contribution in [2.24, 2.45) is 11.1 Å². The van der Waals surface area contributed by atoms with Gasteiger partial charge in [-0.05, 0) is 23.8 Å². The third-order valence-corrected chi connectivity index (χ3v) is 4.95. The molecule has 0 bridgehead atoms. The largest absolute Gasteiger partial charge is 0.329 e. The van der Waals surface area contributed by atoms with Crippen LogP contribution in [0.25, 0.3) is 0 Å². The molecule has 2 rings (SSSR count). The Bertz CT molecular complexity index is 473. The second-order valence-electron chi connectivity index (χ2n) is 7.56. The Labute approximate surface area is 129 Å². The van der Waals surface area contributed by atoms with Gasteiger partial charge in [0.05, 0.1) is 0 Å². The van der Waals surface area contributed by atoms with Gasteiger partial charge in [-0.15, -0.1) is 0 Å². The van der Waals surface area contributed by atoms with Crippen LogP contribution in [0.3, 0.4) is 0 Å². The fourth-order valence-corrected chi connectivity index (χ4v) is 3.36. The molecule has 21 heavy (non-hydrogen) atoms. The van der Waals surface area contributed by atoms with E-state index < -0.39 is 0 Å². The summed E-state index contributed by atoms with van der Waals surface area (Å²) in [5.41, 5.74) is 7.92. The molecule has 0 unspecified atom stereocenters. The fraction of sp³-hybridized carbons (Fsp3) is 0.632. The molecule has 0 amide bonds. The quantitative estimate of drug-likeness (QED) is 0.658. The standard InChI is InChI=1S/C19H29NO/c1-18(2,3)16-10-8-15(9-11-16)17(21)19(14-20)12-6-4-5-7-13-19/h8-11H,4-7,12-14,20H2,1-3H3. The van der Waals surface area contributed by atoms with E-state index in [1.807, 2.05) is 12.1 Å². The van der Waals surface area contributed by atoms with Crippen LogP contribution in [-0.4, -0.2) is 12.3 Å². The van der Waals surface area contributed by atoms with Gasteiger partial charge < -0.3 is 5.73 Å². The molecule has 0 spiro atoms. The summed E-state index contributed by atoms with van der Waals surface area (Å²) >= 11 is 0. The van der Waals surface area contributed by atoms with E-state index in [2.05, 4.69) is 32.9 Å². The number of rotatable bonds is 3. The van der Waals surface area contributed by atoms with Crippen molar-refractivity contribution in [2.75, 3.05) is 6.54 Å². The minimum atomic E-state index is -0.320. The first-order chi connectivity index (χ1) is 9.89. The Balaban J connectivity index is 2.25. The Hall–Kier alpha value is -1.15. The van der Waals surface area contributed by atoms with Gasteiger partial charge in [0, 0.05) is 17.5 Å². The molecule has 0 aromatic heterocycles. The van der Waals surface area contributed by atoms with Crippen LogP contribution in [0.1, 0.15) is 75.2 Å². The third kappa shape index (κ3) is 3.55. The summed E-state index contributed by atoms with van der Waals surface area (Å²) < 4.78 is 0. The summed E-state index contributed by atoms with van der Waals surface area (Å²) in [6, 6.07) is 8.17. The second kappa shape index (κ2) is 6.31. The van der Waals surface area contributed by atoms with E-state index in [0.717, 1.165) is 31.2 Å². The smallest absolute Gasteiger partial charge is 0.170 e. The van der Waals surface area contributed by atoms with E-state index in [-0.39, 0.29) is 16.6 Å². The van der Waals surface area contributed by atoms with E-state index in [0.29, 0.717) is 6.54 Å². The highest BCUT2D eigenvalue weighted by Crippen LogP contribution is 2.37. The predicted octanol–water partition coefficient (Wildman–Crippen LogP) is 4.47. The van der Waals surface area contributed by atoms with Crippen molar-refractivity contribution < 1.29 is 4.79 Å². The van der Waals surface area contributed by atoms with Crippen LogP contribution >= 0.6 is 0 Å². The minimum Gasteiger partial charge on any atom is -0.329 e. The summed E-state index contributed by atoms with van der Waals surface area (Å²) in [7, 11) is 0. The minimum absolute atomic E-state index is 0.120. The topological polar surface area (TPSA) is 43.1 Å². The van der Waals surface area contributed by atoms with E-state index in [4.69, 9.17) is 5.73 Å². The molecule has 0 atom stereocenters. The molecular weight excluding hydrogens is 258 g/mol. The van der Waals surface area contributed by atoms with Gasteiger partial charge in [0.15, 0.2) is 5.78 Å². The number of hydrogen-bond acceptors (Lipinski definition) is 2. The zero-order valence-electron chi connectivity index (χ0n) is 13.7. The number of carbonyl (C=O) groups is 1. The van der Waals surface area contributed by atoms with Crippen LogP contribution in [0.2, 0.25) is 0 Å². The molecule has 1 fully saturated rings. The molecule has 1 aliphatic rings. The molecule has 1 aromatic rings. The summed E-state index contributed by atoms with van der Waals surface area (Å²) in [6.45, 7) is 7.05.